The molecule has 1 atom stereocenters. The third kappa shape index (κ3) is 4.80. The molecule has 33 heavy (non-hydrogen) atoms. The molecule has 1 aromatic carbocycles. The molecule has 8 nitrogen and oxygen atoms in total. The molecule has 3 heterocycles. The first-order chi connectivity index (χ1) is 16.2. The second kappa shape index (κ2) is 9.54. The molecule has 0 spiro atoms. The largest absolute Gasteiger partial charge is 0.364 e. The Hall–Kier alpha value is -3.52. The van der Waals surface area contributed by atoms with Gasteiger partial charge in [-0.15, -0.1) is 0 Å². The van der Waals surface area contributed by atoms with E-state index in [2.05, 4.69) is 49.4 Å². The topological polar surface area (TPSA) is 107 Å². The van der Waals surface area contributed by atoms with Gasteiger partial charge >= 0.3 is 0 Å². The molecule has 8 heteroatoms. The van der Waals surface area contributed by atoms with E-state index in [1.165, 1.54) is 25.7 Å². The molecule has 4 aromatic rings. The van der Waals surface area contributed by atoms with Gasteiger partial charge in [0.2, 0.25) is 5.95 Å². The summed E-state index contributed by atoms with van der Waals surface area (Å²) in [5.74, 6) is 1.31. The van der Waals surface area contributed by atoms with Gasteiger partial charge in [0.15, 0.2) is 17.0 Å². The standard InChI is InChI=1S/C25H30N8/c1-17(26)14-29-25-31-23(22-24(32-25)33(16-30-22)20-6-2-3-7-20)28-15-18-9-11-19(12-10-18)21-8-4-5-13-27-21/h4-5,8-13,16-17,20H,2-3,6-7,14-15,26H2,1H3,(H2,28,29,31,32). The van der Waals surface area contributed by atoms with Gasteiger partial charge in [0, 0.05) is 36.9 Å². The number of rotatable bonds is 8. The van der Waals surface area contributed by atoms with Gasteiger partial charge < -0.3 is 20.9 Å². The molecule has 1 saturated carbocycles. The molecule has 1 aliphatic rings. The number of hydrogen-bond acceptors (Lipinski definition) is 7. The van der Waals surface area contributed by atoms with E-state index >= 15 is 0 Å². The average Bonchev–Trinajstić information content (AvgIpc) is 3.52. The van der Waals surface area contributed by atoms with E-state index in [-0.39, 0.29) is 6.04 Å². The number of nitrogens with zero attached hydrogens (tertiary/aromatic N) is 5. The third-order valence-electron chi connectivity index (χ3n) is 6.10. The number of anilines is 2. The van der Waals surface area contributed by atoms with Gasteiger partial charge in [-0.2, -0.15) is 9.97 Å². The number of nitrogens with one attached hydrogen (secondary N) is 2. The zero-order chi connectivity index (χ0) is 22.6. The molecule has 0 aliphatic heterocycles. The summed E-state index contributed by atoms with van der Waals surface area (Å²) in [4.78, 5) is 18.6. The zero-order valence-corrected chi connectivity index (χ0v) is 18.9. The van der Waals surface area contributed by atoms with E-state index in [4.69, 9.17) is 15.7 Å². The lowest BCUT2D eigenvalue weighted by atomic mass is 10.1. The Balaban J connectivity index is 1.39. The molecular weight excluding hydrogens is 412 g/mol. The molecule has 0 radical (unpaired) electrons. The summed E-state index contributed by atoms with van der Waals surface area (Å²) in [5.41, 5.74) is 10.8. The number of pyridine rings is 1. The van der Waals surface area contributed by atoms with E-state index in [0.29, 0.717) is 25.1 Å². The molecular formula is C25H30N8. The van der Waals surface area contributed by atoms with Crippen LogP contribution in [0.2, 0.25) is 0 Å². The van der Waals surface area contributed by atoms with Crippen molar-refractivity contribution in [1.29, 1.82) is 0 Å². The van der Waals surface area contributed by atoms with Gasteiger partial charge in [0.1, 0.15) is 0 Å². The molecule has 0 saturated heterocycles. The SMILES string of the molecule is CC(N)CNc1nc(NCc2ccc(-c3ccccn3)cc2)c2ncn(C3CCCC3)c2n1. The summed E-state index contributed by atoms with van der Waals surface area (Å²) in [6.07, 6.45) is 8.58. The van der Waals surface area contributed by atoms with Crippen molar-refractivity contribution in [1.82, 2.24) is 24.5 Å². The summed E-state index contributed by atoms with van der Waals surface area (Å²) in [6, 6.07) is 14.8. The fourth-order valence-corrected chi connectivity index (χ4v) is 4.33. The maximum atomic E-state index is 5.93. The van der Waals surface area contributed by atoms with Crippen LogP contribution in [0.4, 0.5) is 11.8 Å². The van der Waals surface area contributed by atoms with Crippen LogP contribution in [-0.4, -0.2) is 37.1 Å². The normalized spacial score (nSPS) is 15.1. The van der Waals surface area contributed by atoms with Crippen LogP contribution in [0, 0.1) is 0 Å². The van der Waals surface area contributed by atoms with Crippen LogP contribution < -0.4 is 16.4 Å². The summed E-state index contributed by atoms with van der Waals surface area (Å²) >= 11 is 0. The van der Waals surface area contributed by atoms with Crippen LogP contribution >= 0.6 is 0 Å². The molecule has 0 amide bonds. The zero-order valence-electron chi connectivity index (χ0n) is 18.9. The van der Waals surface area contributed by atoms with Crippen LogP contribution in [0.25, 0.3) is 22.4 Å². The third-order valence-corrected chi connectivity index (χ3v) is 6.10. The van der Waals surface area contributed by atoms with E-state index in [1.807, 2.05) is 37.6 Å². The number of imidazole rings is 1. The van der Waals surface area contributed by atoms with E-state index < -0.39 is 0 Å². The molecule has 1 unspecified atom stereocenters. The van der Waals surface area contributed by atoms with Crippen LogP contribution in [0.1, 0.15) is 44.2 Å². The first-order valence-corrected chi connectivity index (χ1v) is 11.7. The van der Waals surface area contributed by atoms with Crippen molar-refractivity contribution in [3.05, 3.63) is 60.6 Å². The monoisotopic (exact) mass is 442 g/mol. The molecule has 1 fully saturated rings. The minimum atomic E-state index is 0.0121. The number of benzene rings is 1. The smallest absolute Gasteiger partial charge is 0.226 e. The predicted molar refractivity (Wildman–Crippen MR) is 132 cm³/mol. The summed E-state index contributed by atoms with van der Waals surface area (Å²) < 4.78 is 2.22. The van der Waals surface area contributed by atoms with Gasteiger partial charge in [-0.25, -0.2) is 4.98 Å². The van der Waals surface area contributed by atoms with Crippen LogP contribution in [0.5, 0.6) is 0 Å². The van der Waals surface area contributed by atoms with Crippen molar-refractivity contribution < 1.29 is 0 Å². The van der Waals surface area contributed by atoms with Crippen molar-refractivity contribution in [2.24, 2.45) is 5.73 Å². The second-order valence-corrected chi connectivity index (χ2v) is 8.78. The Morgan fingerprint density at radius 3 is 2.58 bits per heavy atom. The van der Waals surface area contributed by atoms with Gasteiger partial charge in [-0.1, -0.05) is 43.2 Å². The maximum absolute atomic E-state index is 5.93. The van der Waals surface area contributed by atoms with E-state index in [0.717, 1.165) is 33.8 Å². The summed E-state index contributed by atoms with van der Waals surface area (Å²) in [5, 5.41) is 6.75. The van der Waals surface area contributed by atoms with Gasteiger partial charge in [0.05, 0.1) is 12.0 Å². The van der Waals surface area contributed by atoms with Crippen molar-refractivity contribution in [2.45, 2.75) is 51.2 Å². The Morgan fingerprint density at radius 2 is 1.85 bits per heavy atom. The van der Waals surface area contributed by atoms with Crippen molar-refractivity contribution in [3.8, 4) is 11.3 Å². The minimum Gasteiger partial charge on any atom is -0.364 e. The lowest BCUT2D eigenvalue weighted by molar-refractivity contribution is 0.529. The predicted octanol–water partition coefficient (Wildman–Crippen LogP) is 4.37. The van der Waals surface area contributed by atoms with E-state index in [1.54, 1.807) is 0 Å². The molecule has 5 rings (SSSR count). The Morgan fingerprint density at radius 1 is 1.03 bits per heavy atom. The molecule has 1 aliphatic carbocycles. The number of hydrogen-bond donors (Lipinski definition) is 3. The highest BCUT2D eigenvalue weighted by molar-refractivity contribution is 5.84. The Kier molecular flexibility index (Phi) is 6.17. The van der Waals surface area contributed by atoms with Crippen molar-refractivity contribution in [3.63, 3.8) is 0 Å². The van der Waals surface area contributed by atoms with Crippen molar-refractivity contribution >= 4 is 22.9 Å². The Bertz CT molecular complexity index is 1190. The first-order valence-electron chi connectivity index (χ1n) is 11.7. The van der Waals surface area contributed by atoms with Gasteiger partial charge in [0.25, 0.3) is 0 Å². The highest BCUT2D eigenvalue weighted by Crippen LogP contribution is 2.33. The molecule has 3 aromatic heterocycles. The highest BCUT2D eigenvalue weighted by Gasteiger charge is 2.22. The second-order valence-electron chi connectivity index (χ2n) is 8.78. The van der Waals surface area contributed by atoms with Crippen molar-refractivity contribution in [2.75, 3.05) is 17.2 Å². The van der Waals surface area contributed by atoms with Gasteiger partial charge in [-0.3, -0.25) is 4.98 Å². The molecule has 0 bridgehead atoms. The minimum absolute atomic E-state index is 0.0121. The number of nitrogens with two attached hydrogens (primary N) is 1. The van der Waals surface area contributed by atoms with Crippen LogP contribution in [0.15, 0.2) is 55.0 Å². The Labute approximate surface area is 193 Å². The maximum Gasteiger partial charge on any atom is 0.226 e. The lowest BCUT2D eigenvalue weighted by Crippen LogP contribution is -2.26. The number of fused-ring (bicyclic) bond motifs is 1. The summed E-state index contributed by atoms with van der Waals surface area (Å²) in [6.45, 7) is 3.21. The van der Waals surface area contributed by atoms with Crippen LogP contribution in [-0.2, 0) is 6.54 Å². The fourth-order valence-electron chi connectivity index (χ4n) is 4.33. The molecule has 170 valence electrons. The van der Waals surface area contributed by atoms with E-state index in [9.17, 15) is 0 Å². The number of aromatic nitrogens is 5. The molecule has 4 N–H and O–H groups in total. The average molecular weight is 443 g/mol. The summed E-state index contributed by atoms with van der Waals surface area (Å²) in [7, 11) is 0. The first kappa shape index (κ1) is 21.3. The van der Waals surface area contributed by atoms with Gasteiger partial charge in [-0.05, 0) is 37.5 Å². The van der Waals surface area contributed by atoms with Crippen LogP contribution in [0.3, 0.4) is 0 Å². The highest BCUT2D eigenvalue weighted by atomic mass is 15.2. The fraction of sp³-hybridized carbons (Fsp3) is 0.360. The lowest BCUT2D eigenvalue weighted by Gasteiger charge is -2.14. The quantitative estimate of drug-likeness (QED) is 0.372.